The molecule has 0 aromatic heterocycles. The highest BCUT2D eigenvalue weighted by atomic mass is 14.9. The highest BCUT2D eigenvalue weighted by Gasteiger charge is 2.09. The van der Waals surface area contributed by atoms with E-state index in [4.69, 9.17) is 0 Å². The van der Waals surface area contributed by atoms with Crippen LogP contribution >= 0.6 is 0 Å². The van der Waals surface area contributed by atoms with E-state index >= 15 is 0 Å². The van der Waals surface area contributed by atoms with E-state index < -0.39 is 0 Å². The fourth-order valence-electron chi connectivity index (χ4n) is 2.96. The minimum atomic E-state index is 0.518. The number of hydrogen-bond acceptors (Lipinski definition) is 1. The zero-order chi connectivity index (χ0) is 15.5. The second-order valence-corrected chi connectivity index (χ2v) is 6.74. The molecule has 0 saturated carbocycles. The Hall–Kier alpha value is -0.820. The molecule has 0 amide bonds. The zero-order valence-electron chi connectivity index (χ0n) is 14.6. The second kappa shape index (κ2) is 10.8. The summed E-state index contributed by atoms with van der Waals surface area (Å²) < 4.78 is 0. The van der Waals surface area contributed by atoms with E-state index in [9.17, 15) is 0 Å². The average molecular weight is 290 g/mol. The lowest BCUT2D eigenvalue weighted by atomic mass is 9.96. The summed E-state index contributed by atoms with van der Waals surface area (Å²) in [6, 6.07) is 9.76. The summed E-state index contributed by atoms with van der Waals surface area (Å²) in [7, 11) is 2.09. The van der Waals surface area contributed by atoms with Crippen molar-refractivity contribution in [1.82, 2.24) is 5.32 Å². The van der Waals surface area contributed by atoms with E-state index in [1.54, 1.807) is 0 Å². The van der Waals surface area contributed by atoms with E-state index in [2.05, 4.69) is 57.4 Å². The molecule has 0 spiro atoms. The minimum Gasteiger partial charge on any atom is -0.313 e. The molecule has 1 rings (SSSR count). The molecule has 1 nitrogen and oxygen atoms in total. The fraction of sp³-hybridized carbons (Fsp3) is 0.700. The Morgan fingerprint density at radius 2 is 1.52 bits per heavy atom. The Bertz CT molecular complexity index is 353. The van der Waals surface area contributed by atoms with Gasteiger partial charge in [0.1, 0.15) is 0 Å². The molecule has 0 heterocycles. The minimum absolute atomic E-state index is 0.518. The maximum atomic E-state index is 3.48. The highest BCUT2D eigenvalue weighted by Crippen LogP contribution is 2.21. The van der Waals surface area contributed by atoms with Gasteiger partial charge in [-0.1, -0.05) is 83.6 Å². The van der Waals surface area contributed by atoms with Crippen LogP contribution in [-0.2, 0) is 6.42 Å². The summed E-state index contributed by atoms with van der Waals surface area (Å²) in [4.78, 5) is 0. The molecule has 0 aliphatic rings. The lowest BCUT2D eigenvalue weighted by Crippen LogP contribution is -2.16. The van der Waals surface area contributed by atoms with E-state index in [1.807, 2.05) is 0 Å². The monoisotopic (exact) mass is 289 g/mol. The standard InChI is InChI=1S/C20H35N/c1-5-6-7-8-9-10-11-20(21-4)19-14-12-18(13-15-19)16-17(2)3/h12-15,17,20-21H,5-11,16H2,1-4H3. The van der Waals surface area contributed by atoms with Crippen molar-refractivity contribution < 1.29 is 0 Å². The van der Waals surface area contributed by atoms with Crippen molar-refractivity contribution in [1.29, 1.82) is 0 Å². The first-order chi connectivity index (χ1) is 10.2. The highest BCUT2D eigenvalue weighted by molar-refractivity contribution is 5.25. The Morgan fingerprint density at radius 3 is 2.10 bits per heavy atom. The van der Waals surface area contributed by atoms with Crippen LogP contribution in [-0.4, -0.2) is 7.05 Å². The van der Waals surface area contributed by atoms with Crippen LogP contribution in [0.2, 0.25) is 0 Å². The quantitative estimate of drug-likeness (QED) is 0.500. The molecule has 1 unspecified atom stereocenters. The molecule has 1 N–H and O–H groups in total. The molecule has 0 aliphatic heterocycles. The largest absolute Gasteiger partial charge is 0.313 e. The first kappa shape index (κ1) is 18.2. The molecule has 0 aliphatic carbocycles. The Balaban J connectivity index is 2.37. The molecule has 0 radical (unpaired) electrons. The number of unbranched alkanes of at least 4 members (excludes halogenated alkanes) is 5. The Kier molecular flexibility index (Phi) is 9.41. The number of benzene rings is 1. The Labute approximate surface area is 132 Å². The second-order valence-electron chi connectivity index (χ2n) is 6.74. The molecule has 1 aromatic rings. The van der Waals surface area contributed by atoms with Crippen molar-refractivity contribution in [2.45, 2.75) is 78.2 Å². The fourth-order valence-corrected chi connectivity index (χ4v) is 2.96. The van der Waals surface area contributed by atoms with Crippen LogP contribution in [0.4, 0.5) is 0 Å². The van der Waals surface area contributed by atoms with Crippen LogP contribution in [0.25, 0.3) is 0 Å². The third-order valence-corrected chi connectivity index (χ3v) is 4.22. The SMILES string of the molecule is CCCCCCCCC(NC)c1ccc(CC(C)C)cc1. The summed E-state index contributed by atoms with van der Waals surface area (Å²) in [5.74, 6) is 0.735. The van der Waals surface area contributed by atoms with E-state index in [0.29, 0.717) is 6.04 Å². The molecule has 120 valence electrons. The van der Waals surface area contributed by atoms with Crippen LogP contribution < -0.4 is 5.32 Å². The summed E-state index contributed by atoms with van der Waals surface area (Å²) in [6.45, 7) is 6.84. The lowest BCUT2D eigenvalue weighted by Gasteiger charge is -2.17. The van der Waals surface area contributed by atoms with Crippen LogP contribution in [0.15, 0.2) is 24.3 Å². The lowest BCUT2D eigenvalue weighted by molar-refractivity contribution is 0.497. The van der Waals surface area contributed by atoms with Crippen molar-refractivity contribution in [3.8, 4) is 0 Å². The number of hydrogen-bond donors (Lipinski definition) is 1. The molecule has 1 heteroatoms. The van der Waals surface area contributed by atoms with Crippen LogP contribution in [0.1, 0.15) is 82.9 Å². The van der Waals surface area contributed by atoms with Gasteiger partial charge in [0.15, 0.2) is 0 Å². The molecule has 1 atom stereocenters. The van der Waals surface area contributed by atoms with E-state index in [1.165, 1.54) is 62.5 Å². The van der Waals surface area contributed by atoms with Crippen molar-refractivity contribution in [2.75, 3.05) is 7.05 Å². The predicted octanol–water partition coefficient (Wildman–Crippen LogP) is 5.90. The van der Waals surface area contributed by atoms with Crippen molar-refractivity contribution in [3.05, 3.63) is 35.4 Å². The van der Waals surface area contributed by atoms with Gasteiger partial charge < -0.3 is 5.32 Å². The summed E-state index contributed by atoms with van der Waals surface area (Å²) in [6.07, 6.45) is 10.7. The molecule has 21 heavy (non-hydrogen) atoms. The predicted molar refractivity (Wildman–Crippen MR) is 94.8 cm³/mol. The zero-order valence-corrected chi connectivity index (χ0v) is 14.6. The summed E-state index contributed by atoms with van der Waals surface area (Å²) >= 11 is 0. The summed E-state index contributed by atoms with van der Waals surface area (Å²) in [5, 5.41) is 3.48. The van der Waals surface area contributed by atoms with Gasteiger partial charge in [-0.05, 0) is 36.9 Å². The normalized spacial score (nSPS) is 12.8. The number of nitrogens with one attached hydrogen (secondary N) is 1. The smallest absolute Gasteiger partial charge is 0.0317 e. The Morgan fingerprint density at radius 1 is 0.905 bits per heavy atom. The molecule has 0 bridgehead atoms. The van der Waals surface area contributed by atoms with Gasteiger partial charge >= 0.3 is 0 Å². The van der Waals surface area contributed by atoms with E-state index in [0.717, 1.165) is 5.92 Å². The summed E-state index contributed by atoms with van der Waals surface area (Å²) in [5.41, 5.74) is 2.90. The first-order valence-corrected chi connectivity index (χ1v) is 8.93. The van der Waals surface area contributed by atoms with Crippen LogP contribution in [0.3, 0.4) is 0 Å². The molecule has 1 aromatic carbocycles. The van der Waals surface area contributed by atoms with Crippen molar-refractivity contribution >= 4 is 0 Å². The van der Waals surface area contributed by atoms with Gasteiger partial charge in [-0.3, -0.25) is 0 Å². The maximum absolute atomic E-state index is 3.48. The van der Waals surface area contributed by atoms with Gasteiger partial charge in [0.25, 0.3) is 0 Å². The van der Waals surface area contributed by atoms with Gasteiger partial charge in [0, 0.05) is 6.04 Å². The van der Waals surface area contributed by atoms with Gasteiger partial charge in [-0.15, -0.1) is 0 Å². The maximum Gasteiger partial charge on any atom is 0.0317 e. The topological polar surface area (TPSA) is 12.0 Å². The number of rotatable bonds is 11. The third-order valence-electron chi connectivity index (χ3n) is 4.22. The van der Waals surface area contributed by atoms with Crippen LogP contribution in [0, 0.1) is 5.92 Å². The molecule has 0 saturated heterocycles. The molecular weight excluding hydrogens is 254 g/mol. The van der Waals surface area contributed by atoms with Gasteiger partial charge in [0.2, 0.25) is 0 Å². The van der Waals surface area contributed by atoms with Gasteiger partial charge in [-0.25, -0.2) is 0 Å². The van der Waals surface area contributed by atoms with Gasteiger partial charge in [-0.2, -0.15) is 0 Å². The molecule has 0 fully saturated rings. The van der Waals surface area contributed by atoms with Crippen molar-refractivity contribution in [2.24, 2.45) is 5.92 Å². The van der Waals surface area contributed by atoms with E-state index in [-0.39, 0.29) is 0 Å². The molecular formula is C20H35N. The first-order valence-electron chi connectivity index (χ1n) is 8.93. The van der Waals surface area contributed by atoms with Crippen molar-refractivity contribution in [3.63, 3.8) is 0 Å². The third kappa shape index (κ3) is 7.66. The average Bonchev–Trinajstić information content (AvgIpc) is 2.47. The van der Waals surface area contributed by atoms with Crippen LogP contribution in [0.5, 0.6) is 0 Å². The van der Waals surface area contributed by atoms with Gasteiger partial charge in [0.05, 0.1) is 0 Å².